The molecule has 2 rings (SSSR count). The van der Waals surface area contributed by atoms with E-state index in [1.807, 2.05) is 45.0 Å². The van der Waals surface area contributed by atoms with Crippen LogP contribution in [0.5, 0.6) is 0 Å². The Morgan fingerprint density at radius 1 is 0.840 bits per heavy atom. The van der Waals surface area contributed by atoms with Gasteiger partial charge in [0.05, 0.1) is 27.7 Å². The van der Waals surface area contributed by atoms with Crippen molar-refractivity contribution in [3.63, 3.8) is 0 Å². The van der Waals surface area contributed by atoms with E-state index in [-0.39, 0.29) is 0 Å². The maximum Gasteiger partial charge on any atom is 0.145 e. The normalized spacial score (nSPS) is 15.1. The summed E-state index contributed by atoms with van der Waals surface area (Å²) in [6, 6.07) is 14.7. The minimum Gasteiger partial charge on any atom is -0.391 e. The van der Waals surface area contributed by atoms with Gasteiger partial charge in [-0.25, -0.2) is 0 Å². The zero-order chi connectivity index (χ0) is 18.4. The van der Waals surface area contributed by atoms with Crippen LogP contribution in [0.15, 0.2) is 58.3 Å². The fraction of sp³-hybridized carbons (Fsp3) is 0.400. The molecule has 136 valence electrons. The predicted molar refractivity (Wildman–Crippen MR) is 104 cm³/mol. The molecule has 0 bridgehead atoms. The Kier molecular flexibility index (Phi) is 7.54. The van der Waals surface area contributed by atoms with Crippen molar-refractivity contribution in [3.05, 3.63) is 59.7 Å². The van der Waals surface area contributed by atoms with Crippen LogP contribution in [0.4, 0.5) is 0 Å². The van der Waals surface area contributed by atoms with Gasteiger partial charge in [0.1, 0.15) is 4.58 Å². The fourth-order valence-electron chi connectivity index (χ4n) is 2.53. The van der Waals surface area contributed by atoms with Gasteiger partial charge in [-0.2, -0.15) is 0 Å². The Hall–Kier alpha value is -1.30. The molecule has 0 fully saturated rings. The van der Waals surface area contributed by atoms with Gasteiger partial charge in [0, 0.05) is 9.79 Å². The summed E-state index contributed by atoms with van der Waals surface area (Å²) in [7, 11) is -3.10. The number of hydrogen-bond donors (Lipinski definition) is 1. The van der Waals surface area contributed by atoms with Gasteiger partial charge in [-0.05, 0) is 44.5 Å². The van der Waals surface area contributed by atoms with Crippen LogP contribution in [0.25, 0.3) is 0 Å². The van der Waals surface area contributed by atoms with E-state index in [2.05, 4.69) is 0 Å². The fourth-order valence-corrected chi connectivity index (χ4v) is 6.02. The molecule has 0 aliphatic rings. The number of hydrogen-bond acceptors (Lipinski definition) is 3. The van der Waals surface area contributed by atoms with E-state index in [1.54, 1.807) is 24.3 Å². The maximum absolute atomic E-state index is 13.1. The Morgan fingerprint density at radius 3 is 1.60 bits per heavy atom. The summed E-state index contributed by atoms with van der Waals surface area (Å²) in [5.74, 6) is 0. The van der Waals surface area contributed by atoms with Crippen molar-refractivity contribution in [1.29, 1.82) is 0 Å². The molecule has 2 aromatic carbocycles. The number of benzene rings is 2. The van der Waals surface area contributed by atoms with E-state index in [1.165, 1.54) is 0 Å². The highest BCUT2D eigenvalue weighted by Gasteiger charge is 2.33. The van der Waals surface area contributed by atoms with E-state index < -0.39 is 32.3 Å². The molecule has 0 saturated heterocycles. The summed E-state index contributed by atoms with van der Waals surface area (Å²) in [6.07, 6.45) is 1.37. The molecule has 2 aromatic rings. The Bertz CT molecular complexity index is 666. The van der Waals surface area contributed by atoms with Gasteiger partial charge in [0.2, 0.25) is 0 Å². The average molecular weight is 379 g/mol. The Morgan fingerprint density at radius 2 is 1.24 bits per heavy atom. The molecule has 0 spiro atoms. The van der Waals surface area contributed by atoms with Gasteiger partial charge in [0.25, 0.3) is 0 Å². The molecular formula is C20H26O3S2. The van der Waals surface area contributed by atoms with Crippen molar-refractivity contribution in [3.8, 4) is 0 Å². The van der Waals surface area contributed by atoms with Crippen molar-refractivity contribution < 1.29 is 13.5 Å². The molecule has 0 heterocycles. The van der Waals surface area contributed by atoms with Crippen LogP contribution in [0, 0.1) is 13.8 Å². The number of aliphatic hydroxyl groups excluding tert-OH is 1. The second-order valence-electron chi connectivity index (χ2n) is 6.30. The molecule has 0 aromatic heterocycles. The topological polar surface area (TPSA) is 54.4 Å². The lowest BCUT2D eigenvalue weighted by molar-refractivity contribution is 0.176. The second kappa shape index (κ2) is 9.41. The SMILES string of the molecule is CCCC[C@@H](O)C([S@@](=O)c1ccc(C)cc1)[S@@](=O)c1ccc(C)cc1. The summed E-state index contributed by atoms with van der Waals surface area (Å²) in [5.41, 5.74) is 2.15. The molecule has 25 heavy (non-hydrogen) atoms. The maximum atomic E-state index is 13.1. The molecule has 3 atom stereocenters. The van der Waals surface area contributed by atoms with Crippen molar-refractivity contribution in [2.45, 2.75) is 60.5 Å². The van der Waals surface area contributed by atoms with E-state index >= 15 is 0 Å². The van der Waals surface area contributed by atoms with E-state index in [0.717, 1.165) is 24.0 Å². The van der Waals surface area contributed by atoms with Crippen LogP contribution in [-0.2, 0) is 21.6 Å². The molecule has 0 radical (unpaired) electrons. The number of aliphatic hydroxyl groups is 1. The molecule has 0 unspecified atom stereocenters. The molecule has 0 saturated carbocycles. The summed E-state index contributed by atoms with van der Waals surface area (Å²) < 4.78 is 25.4. The molecule has 0 aliphatic carbocycles. The third-order valence-corrected chi connectivity index (χ3v) is 8.09. The molecular weight excluding hydrogens is 352 g/mol. The highest BCUT2D eigenvalue weighted by atomic mass is 32.2. The zero-order valence-electron chi connectivity index (χ0n) is 15.0. The van der Waals surface area contributed by atoms with Gasteiger partial charge in [-0.1, -0.05) is 55.2 Å². The van der Waals surface area contributed by atoms with Crippen LogP contribution in [0.3, 0.4) is 0 Å². The second-order valence-corrected chi connectivity index (χ2v) is 9.75. The highest BCUT2D eigenvalue weighted by Crippen LogP contribution is 2.25. The van der Waals surface area contributed by atoms with Gasteiger partial charge in [-0.15, -0.1) is 0 Å². The van der Waals surface area contributed by atoms with Crippen molar-refractivity contribution in [2.24, 2.45) is 0 Å². The number of rotatable bonds is 8. The Labute approximate surface area is 155 Å². The quantitative estimate of drug-likeness (QED) is 0.752. The summed E-state index contributed by atoms with van der Waals surface area (Å²) in [6.45, 7) is 5.96. The van der Waals surface area contributed by atoms with Gasteiger partial charge >= 0.3 is 0 Å². The molecule has 0 aliphatic heterocycles. The lowest BCUT2D eigenvalue weighted by Crippen LogP contribution is -2.34. The number of unbranched alkanes of at least 4 members (excludes halogenated alkanes) is 1. The summed E-state index contributed by atoms with van der Waals surface area (Å²) >= 11 is 0. The van der Waals surface area contributed by atoms with E-state index in [0.29, 0.717) is 16.2 Å². The third kappa shape index (κ3) is 5.33. The predicted octanol–water partition coefficient (Wildman–Crippen LogP) is 4.10. The highest BCUT2D eigenvalue weighted by molar-refractivity contribution is 8.03. The van der Waals surface area contributed by atoms with Gasteiger partial charge in [-0.3, -0.25) is 8.42 Å². The molecule has 0 amide bonds. The summed E-state index contributed by atoms with van der Waals surface area (Å²) in [5, 5.41) is 10.6. The van der Waals surface area contributed by atoms with Crippen LogP contribution in [0.2, 0.25) is 0 Å². The first kappa shape index (κ1) is 20.0. The molecule has 3 nitrogen and oxygen atoms in total. The van der Waals surface area contributed by atoms with Crippen LogP contribution < -0.4 is 0 Å². The lowest BCUT2D eigenvalue weighted by atomic mass is 10.2. The van der Waals surface area contributed by atoms with E-state index in [9.17, 15) is 13.5 Å². The molecule has 1 N–H and O–H groups in total. The van der Waals surface area contributed by atoms with E-state index in [4.69, 9.17) is 0 Å². The summed E-state index contributed by atoms with van der Waals surface area (Å²) in [4.78, 5) is 1.21. The third-order valence-electron chi connectivity index (χ3n) is 4.10. The first-order valence-corrected chi connectivity index (χ1v) is 11.0. The first-order chi connectivity index (χ1) is 11.9. The van der Waals surface area contributed by atoms with Gasteiger partial charge in [0.15, 0.2) is 0 Å². The minimum absolute atomic E-state index is 0.496. The Balaban J connectivity index is 2.34. The standard InChI is InChI=1S/C20H26O3S2/c1-4-5-6-19(21)20(24(22)17-11-7-15(2)8-12-17)25(23)18-13-9-16(3)10-14-18/h7-14,19-21H,4-6H2,1-3H3/t19-,24+,25+/m1/s1. The van der Waals surface area contributed by atoms with Crippen molar-refractivity contribution in [1.82, 2.24) is 0 Å². The van der Waals surface area contributed by atoms with Crippen LogP contribution in [-0.4, -0.2) is 24.2 Å². The zero-order valence-corrected chi connectivity index (χ0v) is 16.6. The minimum atomic E-state index is -1.55. The average Bonchev–Trinajstić information content (AvgIpc) is 2.61. The smallest absolute Gasteiger partial charge is 0.145 e. The van der Waals surface area contributed by atoms with Gasteiger partial charge < -0.3 is 5.11 Å². The largest absolute Gasteiger partial charge is 0.391 e. The van der Waals surface area contributed by atoms with Crippen molar-refractivity contribution >= 4 is 21.6 Å². The number of aryl methyl sites for hydroxylation is 2. The lowest BCUT2D eigenvalue weighted by Gasteiger charge is -2.22. The first-order valence-electron chi connectivity index (χ1n) is 8.56. The van der Waals surface area contributed by atoms with Crippen LogP contribution in [0.1, 0.15) is 37.3 Å². The van der Waals surface area contributed by atoms with Crippen molar-refractivity contribution in [2.75, 3.05) is 0 Å². The van der Waals surface area contributed by atoms with Crippen LogP contribution >= 0.6 is 0 Å². The monoisotopic (exact) mass is 378 g/mol. The molecule has 5 heteroatoms.